The van der Waals surface area contributed by atoms with Crippen molar-refractivity contribution in [3.8, 4) is 0 Å². The average Bonchev–Trinajstić information content (AvgIpc) is 2.63. The molecule has 0 radical (unpaired) electrons. The summed E-state index contributed by atoms with van der Waals surface area (Å²) in [7, 11) is 1.93. The summed E-state index contributed by atoms with van der Waals surface area (Å²) in [5.74, 6) is 1.10. The fraction of sp³-hybridized carbons (Fsp3) is 0.933. The van der Waals surface area contributed by atoms with Gasteiger partial charge in [0, 0.05) is 25.6 Å². The first kappa shape index (κ1) is 15.5. The zero-order valence-electron chi connectivity index (χ0n) is 12.3. The van der Waals surface area contributed by atoms with Crippen LogP contribution in [-0.2, 0) is 4.79 Å². The minimum Gasteiger partial charge on any atom is -0.345 e. The lowest BCUT2D eigenvalue weighted by Crippen LogP contribution is -2.37. The van der Waals surface area contributed by atoms with Crippen molar-refractivity contribution in [2.45, 2.75) is 64.8 Å². The standard InChI is InChI=1S/C15H30N2O/c1-12(2)14(16)10-11-17(3)15(18)13-8-6-4-5-7-9-13/h12-14H,4-11,16H2,1-3H3. The molecule has 0 aromatic carbocycles. The van der Waals surface area contributed by atoms with Crippen LogP contribution in [0.2, 0.25) is 0 Å². The molecule has 18 heavy (non-hydrogen) atoms. The predicted molar refractivity (Wildman–Crippen MR) is 76.3 cm³/mol. The molecule has 3 heteroatoms. The molecule has 106 valence electrons. The van der Waals surface area contributed by atoms with Gasteiger partial charge in [0.2, 0.25) is 5.91 Å². The van der Waals surface area contributed by atoms with Crippen molar-refractivity contribution in [1.29, 1.82) is 0 Å². The molecule has 0 aliphatic heterocycles. The Morgan fingerprint density at radius 3 is 2.28 bits per heavy atom. The van der Waals surface area contributed by atoms with E-state index in [1.165, 1.54) is 25.7 Å². The Morgan fingerprint density at radius 2 is 1.78 bits per heavy atom. The third-order valence-corrected chi connectivity index (χ3v) is 4.23. The summed E-state index contributed by atoms with van der Waals surface area (Å²) >= 11 is 0. The second-order valence-corrected chi connectivity index (χ2v) is 6.14. The fourth-order valence-corrected chi connectivity index (χ4v) is 2.62. The predicted octanol–water partition coefficient (Wildman–Crippen LogP) is 2.79. The van der Waals surface area contributed by atoms with Gasteiger partial charge in [-0.05, 0) is 25.2 Å². The smallest absolute Gasteiger partial charge is 0.225 e. The highest BCUT2D eigenvalue weighted by Gasteiger charge is 2.23. The lowest BCUT2D eigenvalue weighted by molar-refractivity contribution is -0.134. The van der Waals surface area contributed by atoms with Crippen LogP contribution in [0, 0.1) is 11.8 Å². The molecule has 0 spiro atoms. The summed E-state index contributed by atoms with van der Waals surface area (Å²) in [6.07, 6.45) is 8.11. The topological polar surface area (TPSA) is 46.3 Å². The molecule has 2 N–H and O–H groups in total. The Balaban J connectivity index is 2.35. The Bertz CT molecular complexity index is 245. The van der Waals surface area contributed by atoms with Crippen LogP contribution in [0.1, 0.15) is 58.8 Å². The third kappa shape index (κ3) is 4.97. The van der Waals surface area contributed by atoms with E-state index in [4.69, 9.17) is 5.73 Å². The van der Waals surface area contributed by atoms with Crippen LogP contribution in [0.4, 0.5) is 0 Å². The molecule has 0 aromatic rings. The van der Waals surface area contributed by atoms with Gasteiger partial charge in [0.15, 0.2) is 0 Å². The van der Waals surface area contributed by atoms with Crippen LogP contribution < -0.4 is 5.73 Å². The Labute approximate surface area is 112 Å². The molecule has 1 aliphatic rings. The summed E-state index contributed by atoms with van der Waals surface area (Å²) in [6, 6.07) is 0.203. The van der Waals surface area contributed by atoms with Gasteiger partial charge in [0.25, 0.3) is 0 Å². The largest absolute Gasteiger partial charge is 0.345 e. The number of hydrogen-bond donors (Lipinski definition) is 1. The first-order chi connectivity index (χ1) is 8.52. The monoisotopic (exact) mass is 254 g/mol. The van der Waals surface area contributed by atoms with Crippen LogP contribution in [-0.4, -0.2) is 30.4 Å². The van der Waals surface area contributed by atoms with Gasteiger partial charge < -0.3 is 10.6 Å². The van der Waals surface area contributed by atoms with Gasteiger partial charge >= 0.3 is 0 Å². The van der Waals surface area contributed by atoms with E-state index in [2.05, 4.69) is 13.8 Å². The molecular formula is C15H30N2O. The molecule has 0 aromatic heterocycles. The van der Waals surface area contributed by atoms with E-state index in [0.29, 0.717) is 11.8 Å². The Kier molecular flexibility index (Phi) is 6.69. The van der Waals surface area contributed by atoms with Crippen LogP contribution >= 0.6 is 0 Å². The fourth-order valence-electron chi connectivity index (χ4n) is 2.62. The van der Waals surface area contributed by atoms with Gasteiger partial charge in [-0.3, -0.25) is 4.79 Å². The SMILES string of the molecule is CC(C)C(N)CCN(C)C(=O)C1CCCCCC1. The molecule has 1 rings (SSSR count). The molecule has 0 bridgehead atoms. The van der Waals surface area contributed by atoms with Crippen molar-refractivity contribution in [2.24, 2.45) is 17.6 Å². The molecule has 1 unspecified atom stereocenters. The lowest BCUT2D eigenvalue weighted by Gasteiger charge is -2.25. The third-order valence-electron chi connectivity index (χ3n) is 4.23. The highest BCUT2D eigenvalue weighted by atomic mass is 16.2. The minimum absolute atomic E-state index is 0.203. The van der Waals surface area contributed by atoms with Gasteiger partial charge in [-0.1, -0.05) is 39.5 Å². The quantitative estimate of drug-likeness (QED) is 0.767. The number of carbonyl (C=O) groups excluding carboxylic acids is 1. The van der Waals surface area contributed by atoms with Gasteiger partial charge in [0.05, 0.1) is 0 Å². The van der Waals surface area contributed by atoms with E-state index in [1.54, 1.807) is 0 Å². The molecule has 3 nitrogen and oxygen atoms in total. The number of amides is 1. The summed E-state index contributed by atoms with van der Waals surface area (Å²) in [5.41, 5.74) is 6.03. The number of nitrogens with two attached hydrogens (primary N) is 1. The van der Waals surface area contributed by atoms with Crippen molar-refractivity contribution in [3.05, 3.63) is 0 Å². The van der Waals surface area contributed by atoms with Crippen LogP contribution in [0.25, 0.3) is 0 Å². The molecule has 1 amide bonds. The number of carbonyl (C=O) groups is 1. The van der Waals surface area contributed by atoms with E-state index in [9.17, 15) is 4.79 Å². The number of nitrogens with zero attached hydrogens (tertiary/aromatic N) is 1. The van der Waals surface area contributed by atoms with Crippen molar-refractivity contribution in [3.63, 3.8) is 0 Å². The van der Waals surface area contributed by atoms with E-state index in [1.807, 2.05) is 11.9 Å². The first-order valence-corrected chi connectivity index (χ1v) is 7.53. The number of rotatable bonds is 5. The van der Waals surface area contributed by atoms with Gasteiger partial charge in [-0.2, -0.15) is 0 Å². The average molecular weight is 254 g/mol. The summed E-state index contributed by atoms with van der Waals surface area (Å²) in [5, 5.41) is 0. The molecular weight excluding hydrogens is 224 g/mol. The normalized spacial score (nSPS) is 19.6. The summed E-state index contributed by atoms with van der Waals surface area (Å²) in [4.78, 5) is 14.2. The highest BCUT2D eigenvalue weighted by Crippen LogP contribution is 2.24. The first-order valence-electron chi connectivity index (χ1n) is 7.53. The molecule has 1 aliphatic carbocycles. The van der Waals surface area contributed by atoms with Crippen molar-refractivity contribution in [1.82, 2.24) is 4.90 Å². The Morgan fingerprint density at radius 1 is 1.22 bits per heavy atom. The van der Waals surface area contributed by atoms with Crippen molar-refractivity contribution >= 4 is 5.91 Å². The van der Waals surface area contributed by atoms with Gasteiger partial charge in [-0.25, -0.2) is 0 Å². The summed E-state index contributed by atoms with van der Waals surface area (Å²) in [6.45, 7) is 5.07. The van der Waals surface area contributed by atoms with E-state index in [-0.39, 0.29) is 12.0 Å². The highest BCUT2D eigenvalue weighted by molar-refractivity contribution is 5.78. The maximum absolute atomic E-state index is 12.3. The second kappa shape index (κ2) is 7.78. The second-order valence-electron chi connectivity index (χ2n) is 6.14. The zero-order chi connectivity index (χ0) is 13.5. The van der Waals surface area contributed by atoms with Crippen LogP contribution in [0.5, 0.6) is 0 Å². The zero-order valence-corrected chi connectivity index (χ0v) is 12.3. The van der Waals surface area contributed by atoms with Gasteiger partial charge in [-0.15, -0.1) is 0 Å². The van der Waals surface area contributed by atoms with Gasteiger partial charge in [0.1, 0.15) is 0 Å². The molecule has 1 atom stereocenters. The van der Waals surface area contributed by atoms with E-state index < -0.39 is 0 Å². The summed E-state index contributed by atoms with van der Waals surface area (Å²) < 4.78 is 0. The number of hydrogen-bond acceptors (Lipinski definition) is 2. The maximum Gasteiger partial charge on any atom is 0.225 e. The van der Waals surface area contributed by atoms with E-state index >= 15 is 0 Å². The van der Waals surface area contributed by atoms with Crippen LogP contribution in [0.15, 0.2) is 0 Å². The molecule has 1 saturated carbocycles. The molecule has 1 fully saturated rings. The lowest BCUT2D eigenvalue weighted by atomic mass is 9.98. The maximum atomic E-state index is 12.3. The van der Waals surface area contributed by atoms with E-state index in [0.717, 1.165) is 25.8 Å². The molecule has 0 heterocycles. The van der Waals surface area contributed by atoms with Crippen LogP contribution in [0.3, 0.4) is 0 Å². The Hall–Kier alpha value is -0.570. The molecule has 0 saturated heterocycles. The van der Waals surface area contributed by atoms with Crippen molar-refractivity contribution in [2.75, 3.05) is 13.6 Å². The van der Waals surface area contributed by atoms with Crippen molar-refractivity contribution < 1.29 is 4.79 Å². The minimum atomic E-state index is 0.203.